The van der Waals surface area contributed by atoms with Crippen LogP contribution in [0.5, 0.6) is 5.75 Å². The second-order valence-electron chi connectivity index (χ2n) is 5.28. The number of anilines is 4. The first-order chi connectivity index (χ1) is 12.1. The van der Waals surface area contributed by atoms with Gasteiger partial charge in [0.25, 0.3) is 0 Å². The third-order valence-electron chi connectivity index (χ3n) is 3.45. The highest BCUT2D eigenvalue weighted by molar-refractivity contribution is 5.94. The Bertz CT molecular complexity index is 881. The zero-order valence-electron chi connectivity index (χ0n) is 13.9. The van der Waals surface area contributed by atoms with E-state index in [1.807, 2.05) is 24.3 Å². The van der Waals surface area contributed by atoms with E-state index in [1.54, 1.807) is 31.4 Å². The molecular weight excluding hydrogens is 318 g/mol. The highest BCUT2D eigenvalue weighted by Gasteiger charge is 2.04. The van der Waals surface area contributed by atoms with E-state index in [-0.39, 0.29) is 5.78 Å². The summed E-state index contributed by atoms with van der Waals surface area (Å²) in [7, 11) is 1.62. The van der Waals surface area contributed by atoms with Crippen molar-refractivity contribution in [2.24, 2.45) is 0 Å². The summed E-state index contributed by atoms with van der Waals surface area (Å²) >= 11 is 0. The predicted octanol–water partition coefficient (Wildman–Crippen LogP) is 3.57. The van der Waals surface area contributed by atoms with Crippen LogP contribution in [0.25, 0.3) is 0 Å². The predicted molar refractivity (Wildman–Crippen MR) is 95.8 cm³/mol. The second kappa shape index (κ2) is 7.39. The molecule has 0 spiro atoms. The lowest BCUT2D eigenvalue weighted by Gasteiger charge is -2.09. The minimum absolute atomic E-state index is 0.0222. The number of Topliss-reactive ketones (excluding diaryl/α,β-unsaturated/α-hetero) is 1. The number of hydrogen-bond acceptors (Lipinski definition) is 7. The summed E-state index contributed by atoms with van der Waals surface area (Å²) in [6, 6.07) is 14.6. The zero-order valence-corrected chi connectivity index (χ0v) is 13.9. The first-order valence-electron chi connectivity index (χ1n) is 7.63. The molecule has 2 aromatic carbocycles. The molecule has 7 heteroatoms. The molecule has 2 N–H and O–H groups in total. The van der Waals surface area contributed by atoms with Crippen molar-refractivity contribution in [3.63, 3.8) is 0 Å². The lowest BCUT2D eigenvalue weighted by Crippen LogP contribution is -2.02. The van der Waals surface area contributed by atoms with Gasteiger partial charge in [0.15, 0.2) is 11.6 Å². The first-order valence-corrected chi connectivity index (χ1v) is 7.63. The smallest absolute Gasteiger partial charge is 0.249 e. The number of benzene rings is 2. The largest absolute Gasteiger partial charge is 0.497 e. The summed E-state index contributed by atoms with van der Waals surface area (Å²) in [6.45, 7) is 1.53. The quantitative estimate of drug-likeness (QED) is 0.666. The minimum Gasteiger partial charge on any atom is -0.497 e. The molecule has 3 aromatic rings. The van der Waals surface area contributed by atoms with Crippen LogP contribution in [0.1, 0.15) is 17.3 Å². The van der Waals surface area contributed by atoms with Crippen LogP contribution < -0.4 is 15.4 Å². The lowest BCUT2D eigenvalue weighted by atomic mass is 10.1. The van der Waals surface area contributed by atoms with Crippen LogP contribution in [0.2, 0.25) is 0 Å². The van der Waals surface area contributed by atoms with Gasteiger partial charge in [-0.3, -0.25) is 4.79 Å². The summed E-state index contributed by atoms with van der Waals surface area (Å²) in [5, 5.41) is 14.1. The van der Waals surface area contributed by atoms with Crippen molar-refractivity contribution in [2.45, 2.75) is 6.92 Å². The first kappa shape index (κ1) is 16.4. The van der Waals surface area contributed by atoms with Gasteiger partial charge in [0.05, 0.1) is 13.3 Å². The van der Waals surface area contributed by atoms with Gasteiger partial charge in [0.2, 0.25) is 5.95 Å². The molecule has 0 bridgehead atoms. The Morgan fingerprint density at radius 2 is 1.84 bits per heavy atom. The molecule has 126 valence electrons. The number of aromatic nitrogens is 3. The van der Waals surface area contributed by atoms with Crippen LogP contribution in [-0.2, 0) is 0 Å². The topological polar surface area (TPSA) is 89.0 Å². The zero-order chi connectivity index (χ0) is 17.6. The molecule has 0 aliphatic carbocycles. The highest BCUT2D eigenvalue weighted by atomic mass is 16.5. The lowest BCUT2D eigenvalue weighted by molar-refractivity contribution is 0.101. The van der Waals surface area contributed by atoms with Crippen LogP contribution in [0.4, 0.5) is 23.1 Å². The number of rotatable bonds is 6. The standard InChI is InChI=1S/C18H17N5O2/c1-12(24)13-6-8-14(9-7-13)21-18-22-17(11-19-23-18)20-15-4-3-5-16(10-15)25-2/h3-11H,1-2H3,(H2,20,21,22,23). The third-order valence-corrected chi connectivity index (χ3v) is 3.45. The maximum atomic E-state index is 11.3. The summed E-state index contributed by atoms with van der Waals surface area (Å²) in [5.41, 5.74) is 2.25. The monoisotopic (exact) mass is 335 g/mol. The molecular formula is C18H17N5O2. The van der Waals surface area contributed by atoms with E-state index in [9.17, 15) is 4.79 Å². The Hall–Kier alpha value is -3.48. The molecule has 25 heavy (non-hydrogen) atoms. The Balaban J connectivity index is 1.73. The molecule has 0 saturated carbocycles. The number of ketones is 1. The van der Waals surface area contributed by atoms with Crippen molar-refractivity contribution < 1.29 is 9.53 Å². The fourth-order valence-corrected chi connectivity index (χ4v) is 2.18. The van der Waals surface area contributed by atoms with E-state index in [1.165, 1.54) is 13.1 Å². The highest BCUT2D eigenvalue weighted by Crippen LogP contribution is 2.21. The number of carbonyl (C=O) groups is 1. The van der Waals surface area contributed by atoms with E-state index < -0.39 is 0 Å². The molecule has 7 nitrogen and oxygen atoms in total. The normalized spacial score (nSPS) is 10.2. The van der Waals surface area contributed by atoms with E-state index in [4.69, 9.17) is 4.74 Å². The SMILES string of the molecule is COc1cccc(Nc2cnnc(Nc3ccc(C(C)=O)cc3)n2)c1. The Kier molecular flexibility index (Phi) is 4.84. The van der Waals surface area contributed by atoms with Gasteiger partial charge in [-0.1, -0.05) is 6.07 Å². The second-order valence-corrected chi connectivity index (χ2v) is 5.28. The third kappa shape index (κ3) is 4.29. The number of carbonyl (C=O) groups excluding carboxylic acids is 1. The van der Waals surface area contributed by atoms with Crippen LogP contribution >= 0.6 is 0 Å². The fourth-order valence-electron chi connectivity index (χ4n) is 2.18. The number of nitrogens with one attached hydrogen (secondary N) is 2. The van der Waals surface area contributed by atoms with Gasteiger partial charge in [-0.25, -0.2) is 0 Å². The summed E-state index contributed by atoms with van der Waals surface area (Å²) in [6.07, 6.45) is 1.53. The summed E-state index contributed by atoms with van der Waals surface area (Å²) in [5.74, 6) is 1.67. The summed E-state index contributed by atoms with van der Waals surface area (Å²) in [4.78, 5) is 15.7. The van der Waals surface area contributed by atoms with Crippen molar-refractivity contribution in [3.8, 4) is 5.75 Å². The van der Waals surface area contributed by atoms with E-state index >= 15 is 0 Å². The summed E-state index contributed by atoms with van der Waals surface area (Å²) < 4.78 is 5.20. The van der Waals surface area contributed by atoms with E-state index in [2.05, 4.69) is 25.8 Å². The van der Waals surface area contributed by atoms with E-state index in [0.29, 0.717) is 17.3 Å². The average molecular weight is 335 g/mol. The van der Waals surface area contributed by atoms with Gasteiger partial charge in [0.1, 0.15) is 5.75 Å². The number of ether oxygens (including phenoxy) is 1. The van der Waals surface area contributed by atoms with Gasteiger partial charge >= 0.3 is 0 Å². The van der Waals surface area contributed by atoms with Crippen LogP contribution in [0, 0.1) is 0 Å². The van der Waals surface area contributed by atoms with Crippen molar-refractivity contribution >= 4 is 28.9 Å². The van der Waals surface area contributed by atoms with Gasteiger partial charge in [-0.05, 0) is 43.3 Å². The van der Waals surface area contributed by atoms with Gasteiger partial charge in [-0.2, -0.15) is 10.1 Å². The number of methoxy groups -OCH3 is 1. The molecule has 0 aliphatic rings. The van der Waals surface area contributed by atoms with Gasteiger partial charge < -0.3 is 15.4 Å². The molecule has 0 atom stereocenters. The molecule has 1 heterocycles. The minimum atomic E-state index is 0.0222. The molecule has 0 amide bonds. The Morgan fingerprint density at radius 3 is 2.56 bits per heavy atom. The van der Waals surface area contributed by atoms with Gasteiger partial charge in [-0.15, -0.1) is 5.10 Å². The number of hydrogen-bond donors (Lipinski definition) is 2. The van der Waals surface area contributed by atoms with Crippen LogP contribution in [0.15, 0.2) is 54.7 Å². The molecule has 0 aliphatic heterocycles. The maximum absolute atomic E-state index is 11.3. The molecule has 0 radical (unpaired) electrons. The van der Waals surface area contributed by atoms with Gasteiger partial charge in [0, 0.05) is 23.0 Å². The van der Waals surface area contributed by atoms with Crippen molar-refractivity contribution in [3.05, 3.63) is 60.3 Å². The molecule has 3 rings (SSSR count). The Morgan fingerprint density at radius 1 is 1.04 bits per heavy atom. The Labute approximate surface area is 145 Å². The van der Waals surface area contributed by atoms with Crippen molar-refractivity contribution in [1.82, 2.24) is 15.2 Å². The molecule has 0 fully saturated rings. The van der Waals surface area contributed by atoms with Crippen molar-refractivity contribution in [1.29, 1.82) is 0 Å². The molecule has 1 aromatic heterocycles. The maximum Gasteiger partial charge on any atom is 0.249 e. The van der Waals surface area contributed by atoms with Crippen LogP contribution in [0.3, 0.4) is 0 Å². The van der Waals surface area contributed by atoms with Crippen LogP contribution in [-0.4, -0.2) is 28.1 Å². The molecule has 0 saturated heterocycles. The number of nitrogens with zero attached hydrogens (tertiary/aromatic N) is 3. The molecule has 0 unspecified atom stereocenters. The average Bonchev–Trinajstić information content (AvgIpc) is 2.62. The van der Waals surface area contributed by atoms with Crippen molar-refractivity contribution in [2.75, 3.05) is 17.7 Å². The van der Waals surface area contributed by atoms with E-state index in [0.717, 1.165) is 17.1 Å². The fraction of sp³-hybridized carbons (Fsp3) is 0.111.